The van der Waals surface area contributed by atoms with E-state index in [4.69, 9.17) is 5.26 Å². The van der Waals surface area contributed by atoms with Gasteiger partial charge in [0.1, 0.15) is 11.5 Å². The van der Waals surface area contributed by atoms with Crippen molar-refractivity contribution in [2.24, 2.45) is 0 Å². The highest BCUT2D eigenvalue weighted by molar-refractivity contribution is 5.85. The molecule has 1 saturated heterocycles. The lowest BCUT2D eigenvalue weighted by Gasteiger charge is -2.30. The zero-order valence-corrected chi connectivity index (χ0v) is 10.7. The van der Waals surface area contributed by atoms with E-state index in [2.05, 4.69) is 5.32 Å². The Bertz CT molecular complexity index is 451. The standard InChI is InChI=1S/C13H14F2N2.ClH/c14-12-7-10(9-16)1-2-11(12)8-13(15)3-5-17-6-4-13;/h1-2,7,17H,3-6,8H2;1H. The molecule has 0 unspecified atom stereocenters. The van der Waals surface area contributed by atoms with Gasteiger partial charge in [0.05, 0.1) is 11.6 Å². The first-order valence-corrected chi connectivity index (χ1v) is 5.71. The zero-order chi connectivity index (χ0) is 12.3. The van der Waals surface area contributed by atoms with E-state index < -0.39 is 11.5 Å². The molecule has 0 radical (unpaired) electrons. The molecule has 0 spiro atoms. The highest BCUT2D eigenvalue weighted by Gasteiger charge is 2.32. The van der Waals surface area contributed by atoms with Crippen molar-refractivity contribution in [3.05, 3.63) is 35.1 Å². The summed E-state index contributed by atoms with van der Waals surface area (Å²) in [6.45, 7) is 1.27. The van der Waals surface area contributed by atoms with Crippen molar-refractivity contribution in [1.82, 2.24) is 5.32 Å². The number of alkyl halides is 1. The van der Waals surface area contributed by atoms with Crippen molar-refractivity contribution < 1.29 is 8.78 Å². The van der Waals surface area contributed by atoms with Crippen molar-refractivity contribution in [3.63, 3.8) is 0 Å². The zero-order valence-electron chi connectivity index (χ0n) is 9.88. The molecule has 18 heavy (non-hydrogen) atoms. The lowest BCUT2D eigenvalue weighted by Crippen LogP contribution is -2.40. The van der Waals surface area contributed by atoms with E-state index in [0.717, 1.165) is 0 Å². The molecule has 5 heteroatoms. The maximum Gasteiger partial charge on any atom is 0.127 e. The Kier molecular flexibility index (Phi) is 5.06. The van der Waals surface area contributed by atoms with Gasteiger partial charge in [0.2, 0.25) is 0 Å². The summed E-state index contributed by atoms with van der Waals surface area (Å²) >= 11 is 0. The van der Waals surface area contributed by atoms with Crippen molar-refractivity contribution in [3.8, 4) is 6.07 Å². The Morgan fingerprint density at radius 3 is 2.56 bits per heavy atom. The number of hydrogen-bond acceptors (Lipinski definition) is 2. The molecule has 0 aliphatic carbocycles. The number of halogens is 3. The van der Waals surface area contributed by atoms with Crippen LogP contribution < -0.4 is 5.32 Å². The Labute approximate surface area is 111 Å². The SMILES string of the molecule is Cl.N#Cc1ccc(CC2(F)CCNCC2)c(F)c1. The third kappa shape index (κ3) is 3.41. The average molecular weight is 273 g/mol. The van der Waals surface area contributed by atoms with Gasteiger partial charge in [-0.3, -0.25) is 0 Å². The minimum atomic E-state index is -1.32. The quantitative estimate of drug-likeness (QED) is 0.899. The highest BCUT2D eigenvalue weighted by Crippen LogP contribution is 2.28. The molecule has 0 atom stereocenters. The maximum atomic E-state index is 14.3. The van der Waals surface area contributed by atoms with Crippen molar-refractivity contribution in [2.45, 2.75) is 24.9 Å². The van der Waals surface area contributed by atoms with E-state index in [0.29, 0.717) is 31.5 Å². The summed E-state index contributed by atoms with van der Waals surface area (Å²) in [6, 6.07) is 6.07. The number of benzene rings is 1. The molecule has 2 rings (SSSR count). The normalized spacial score (nSPS) is 17.6. The topological polar surface area (TPSA) is 35.8 Å². The Morgan fingerprint density at radius 2 is 2.00 bits per heavy atom. The third-order valence-electron chi connectivity index (χ3n) is 3.19. The van der Waals surface area contributed by atoms with E-state index in [-0.39, 0.29) is 24.4 Å². The molecule has 0 saturated carbocycles. The largest absolute Gasteiger partial charge is 0.316 e. The molecule has 1 fully saturated rings. The number of piperidine rings is 1. The van der Waals surface area contributed by atoms with Crippen LogP contribution in [0, 0.1) is 17.1 Å². The summed E-state index contributed by atoms with van der Waals surface area (Å²) in [4.78, 5) is 0. The van der Waals surface area contributed by atoms with Crippen molar-refractivity contribution >= 4 is 12.4 Å². The Morgan fingerprint density at radius 1 is 1.33 bits per heavy atom. The highest BCUT2D eigenvalue weighted by atomic mass is 35.5. The molecular formula is C13H15ClF2N2. The van der Waals surface area contributed by atoms with E-state index in [1.165, 1.54) is 18.2 Å². The van der Waals surface area contributed by atoms with Gasteiger partial charge in [-0.05, 0) is 43.6 Å². The average Bonchev–Trinajstić information content (AvgIpc) is 2.32. The molecule has 1 N–H and O–H groups in total. The smallest absolute Gasteiger partial charge is 0.127 e. The molecule has 1 aliphatic rings. The molecule has 0 aromatic heterocycles. The van der Waals surface area contributed by atoms with Crippen molar-refractivity contribution in [2.75, 3.05) is 13.1 Å². The van der Waals surface area contributed by atoms with E-state index >= 15 is 0 Å². The second-order valence-electron chi connectivity index (χ2n) is 4.50. The molecule has 1 aromatic carbocycles. The van der Waals surface area contributed by atoms with Gasteiger partial charge in [-0.25, -0.2) is 8.78 Å². The van der Waals surface area contributed by atoms with Crippen LogP contribution in [0.1, 0.15) is 24.0 Å². The predicted octanol–water partition coefficient (Wildman–Crippen LogP) is 2.75. The third-order valence-corrected chi connectivity index (χ3v) is 3.19. The summed E-state index contributed by atoms with van der Waals surface area (Å²) < 4.78 is 28.0. The van der Waals surface area contributed by atoms with Gasteiger partial charge in [0, 0.05) is 6.42 Å². The number of rotatable bonds is 2. The fourth-order valence-electron chi connectivity index (χ4n) is 2.15. The van der Waals surface area contributed by atoms with Gasteiger partial charge in [-0.2, -0.15) is 5.26 Å². The molecule has 1 aromatic rings. The second kappa shape index (κ2) is 6.12. The van der Waals surface area contributed by atoms with Gasteiger partial charge in [0.25, 0.3) is 0 Å². The molecule has 1 aliphatic heterocycles. The van der Waals surface area contributed by atoms with Crippen LogP contribution in [-0.2, 0) is 6.42 Å². The maximum absolute atomic E-state index is 14.3. The Hall–Kier alpha value is -1.18. The fourth-order valence-corrected chi connectivity index (χ4v) is 2.15. The monoisotopic (exact) mass is 272 g/mol. The van der Waals surface area contributed by atoms with Gasteiger partial charge >= 0.3 is 0 Å². The first-order chi connectivity index (χ1) is 8.13. The summed E-state index contributed by atoms with van der Waals surface area (Å²) in [6.07, 6.45) is 0.908. The minimum Gasteiger partial charge on any atom is -0.316 e. The van der Waals surface area contributed by atoms with Crippen LogP contribution in [0.25, 0.3) is 0 Å². The van der Waals surface area contributed by atoms with Gasteiger partial charge < -0.3 is 5.32 Å². The summed E-state index contributed by atoms with van der Waals surface area (Å²) in [5.41, 5.74) is -0.696. The van der Waals surface area contributed by atoms with E-state index in [1.54, 1.807) is 0 Å². The van der Waals surface area contributed by atoms with Gasteiger partial charge in [-0.15, -0.1) is 12.4 Å². The summed E-state index contributed by atoms with van der Waals surface area (Å²) in [5.74, 6) is -0.486. The first-order valence-electron chi connectivity index (χ1n) is 5.71. The number of nitrogens with zero attached hydrogens (tertiary/aromatic N) is 1. The number of nitriles is 1. The number of hydrogen-bond donors (Lipinski definition) is 1. The van der Waals surface area contributed by atoms with Crippen LogP contribution in [-0.4, -0.2) is 18.8 Å². The Balaban J connectivity index is 0.00000162. The van der Waals surface area contributed by atoms with Crippen LogP contribution in [0.15, 0.2) is 18.2 Å². The van der Waals surface area contributed by atoms with Crippen LogP contribution in [0.4, 0.5) is 8.78 Å². The number of nitrogens with one attached hydrogen (secondary N) is 1. The minimum absolute atomic E-state index is 0. The van der Waals surface area contributed by atoms with Gasteiger partial charge in [-0.1, -0.05) is 6.07 Å². The molecule has 1 heterocycles. The first kappa shape index (κ1) is 14.9. The molecule has 0 bridgehead atoms. The predicted molar refractivity (Wildman–Crippen MR) is 68.0 cm³/mol. The fraction of sp³-hybridized carbons (Fsp3) is 0.462. The lowest BCUT2D eigenvalue weighted by molar-refractivity contribution is 0.115. The lowest BCUT2D eigenvalue weighted by atomic mass is 9.87. The van der Waals surface area contributed by atoms with Crippen molar-refractivity contribution in [1.29, 1.82) is 5.26 Å². The van der Waals surface area contributed by atoms with Crippen LogP contribution >= 0.6 is 12.4 Å². The van der Waals surface area contributed by atoms with Gasteiger partial charge in [0.15, 0.2) is 0 Å². The summed E-state index contributed by atoms with van der Waals surface area (Å²) in [7, 11) is 0. The second-order valence-corrected chi connectivity index (χ2v) is 4.50. The molecule has 98 valence electrons. The summed E-state index contributed by atoms with van der Waals surface area (Å²) in [5, 5.41) is 11.7. The van der Waals surface area contributed by atoms with Crippen LogP contribution in [0.2, 0.25) is 0 Å². The van der Waals surface area contributed by atoms with Crippen LogP contribution in [0.5, 0.6) is 0 Å². The van der Waals surface area contributed by atoms with E-state index in [1.807, 2.05) is 6.07 Å². The van der Waals surface area contributed by atoms with E-state index in [9.17, 15) is 8.78 Å². The molecule has 0 amide bonds. The molecule has 2 nitrogen and oxygen atoms in total. The molecular weight excluding hydrogens is 258 g/mol. The van der Waals surface area contributed by atoms with Crippen LogP contribution in [0.3, 0.4) is 0 Å².